The number of nitriles is 1. The Labute approximate surface area is 69.7 Å². The van der Waals surface area contributed by atoms with Gasteiger partial charge in [-0.15, -0.1) is 11.3 Å². The molecule has 1 aromatic heterocycles. The van der Waals surface area contributed by atoms with Gasteiger partial charge in [-0.05, 0) is 19.9 Å². The molecule has 0 aromatic carbocycles. The fourth-order valence-corrected chi connectivity index (χ4v) is 1.57. The van der Waals surface area contributed by atoms with Crippen molar-refractivity contribution >= 4 is 11.3 Å². The van der Waals surface area contributed by atoms with E-state index in [1.165, 1.54) is 11.3 Å². The Morgan fingerprint density at radius 2 is 2.27 bits per heavy atom. The molecule has 0 spiro atoms. The molecule has 11 heavy (non-hydrogen) atoms. The molecule has 1 heterocycles. The van der Waals surface area contributed by atoms with E-state index < -0.39 is 5.60 Å². The monoisotopic (exact) mass is 167 g/mol. The van der Waals surface area contributed by atoms with E-state index >= 15 is 0 Å². The Kier molecular flexibility index (Phi) is 1.99. The molecule has 1 aromatic rings. The SMILES string of the molecule is CC(C)(O)c1cc(C#N)cs1. The van der Waals surface area contributed by atoms with Crippen LogP contribution in [0.1, 0.15) is 24.3 Å². The summed E-state index contributed by atoms with van der Waals surface area (Å²) in [6.07, 6.45) is 0. The lowest BCUT2D eigenvalue weighted by Gasteiger charge is -2.13. The lowest BCUT2D eigenvalue weighted by molar-refractivity contribution is 0.0825. The lowest BCUT2D eigenvalue weighted by atomic mass is 10.1. The first kappa shape index (κ1) is 8.25. The summed E-state index contributed by atoms with van der Waals surface area (Å²) in [5, 5.41) is 19.7. The summed E-state index contributed by atoms with van der Waals surface area (Å²) in [4.78, 5) is 0.828. The Balaban J connectivity index is 3.01. The number of nitrogens with zero attached hydrogens (tertiary/aromatic N) is 1. The molecule has 0 saturated carbocycles. The van der Waals surface area contributed by atoms with Gasteiger partial charge in [0.15, 0.2) is 0 Å². The van der Waals surface area contributed by atoms with Gasteiger partial charge >= 0.3 is 0 Å². The first-order valence-electron chi connectivity index (χ1n) is 3.25. The Hall–Kier alpha value is -0.850. The first-order chi connectivity index (χ1) is 5.04. The van der Waals surface area contributed by atoms with Gasteiger partial charge in [0, 0.05) is 10.3 Å². The van der Waals surface area contributed by atoms with Gasteiger partial charge in [0.1, 0.15) is 6.07 Å². The van der Waals surface area contributed by atoms with Gasteiger partial charge in [0.05, 0.1) is 11.2 Å². The van der Waals surface area contributed by atoms with Crippen molar-refractivity contribution in [3.05, 3.63) is 21.9 Å². The largest absolute Gasteiger partial charge is 0.385 e. The van der Waals surface area contributed by atoms with E-state index in [2.05, 4.69) is 0 Å². The minimum atomic E-state index is -0.820. The topological polar surface area (TPSA) is 44.0 Å². The molecule has 0 radical (unpaired) electrons. The van der Waals surface area contributed by atoms with Crippen LogP contribution in [0.2, 0.25) is 0 Å². The number of thiophene rings is 1. The van der Waals surface area contributed by atoms with Gasteiger partial charge in [-0.1, -0.05) is 0 Å². The Morgan fingerprint density at radius 1 is 1.64 bits per heavy atom. The smallest absolute Gasteiger partial charge is 0.100 e. The van der Waals surface area contributed by atoms with Gasteiger partial charge in [-0.2, -0.15) is 5.26 Å². The van der Waals surface area contributed by atoms with Crippen molar-refractivity contribution in [1.29, 1.82) is 5.26 Å². The molecule has 3 heteroatoms. The van der Waals surface area contributed by atoms with Gasteiger partial charge < -0.3 is 5.11 Å². The quantitative estimate of drug-likeness (QED) is 0.693. The highest BCUT2D eigenvalue weighted by Gasteiger charge is 2.17. The Morgan fingerprint density at radius 3 is 2.55 bits per heavy atom. The van der Waals surface area contributed by atoms with Crippen molar-refractivity contribution in [3.63, 3.8) is 0 Å². The summed E-state index contributed by atoms with van der Waals surface area (Å²) < 4.78 is 0. The third kappa shape index (κ3) is 1.79. The molecule has 0 unspecified atom stereocenters. The van der Waals surface area contributed by atoms with E-state index in [-0.39, 0.29) is 0 Å². The third-order valence-electron chi connectivity index (χ3n) is 1.33. The summed E-state index contributed by atoms with van der Waals surface area (Å²) in [6, 6.07) is 3.73. The zero-order valence-electron chi connectivity index (χ0n) is 6.46. The summed E-state index contributed by atoms with van der Waals surface area (Å²) in [5.41, 5.74) is -0.202. The molecular formula is C8H9NOS. The van der Waals surface area contributed by atoms with Gasteiger partial charge in [-0.3, -0.25) is 0 Å². The maximum atomic E-state index is 9.50. The van der Waals surface area contributed by atoms with Crippen molar-refractivity contribution in [1.82, 2.24) is 0 Å². The molecule has 0 aliphatic heterocycles. The molecule has 1 rings (SSSR count). The van der Waals surface area contributed by atoms with Crippen molar-refractivity contribution < 1.29 is 5.11 Å². The highest BCUT2D eigenvalue weighted by atomic mass is 32.1. The molecule has 0 amide bonds. The molecule has 2 nitrogen and oxygen atoms in total. The fourth-order valence-electron chi connectivity index (χ4n) is 0.716. The van der Waals surface area contributed by atoms with E-state index in [1.807, 2.05) is 6.07 Å². The highest BCUT2D eigenvalue weighted by molar-refractivity contribution is 7.10. The summed E-state index contributed by atoms with van der Waals surface area (Å²) in [7, 11) is 0. The van der Waals surface area contributed by atoms with Crippen LogP contribution in [0.3, 0.4) is 0 Å². The van der Waals surface area contributed by atoms with Crippen LogP contribution in [-0.2, 0) is 5.60 Å². The van der Waals surface area contributed by atoms with Crippen LogP contribution < -0.4 is 0 Å². The van der Waals surface area contributed by atoms with Crippen LogP contribution in [0.4, 0.5) is 0 Å². The second-order valence-electron chi connectivity index (χ2n) is 2.87. The minimum Gasteiger partial charge on any atom is -0.385 e. The average Bonchev–Trinajstić information content (AvgIpc) is 2.32. The lowest BCUT2D eigenvalue weighted by Crippen LogP contribution is -2.12. The van der Waals surface area contributed by atoms with Crippen molar-refractivity contribution in [2.24, 2.45) is 0 Å². The highest BCUT2D eigenvalue weighted by Crippen LogP contribution is 2.26. The molecule has 0 fully saturated rings. The van der Waals surface area contributed by atoms with Gasteiger partial charge in [0.25, 0.3) is 0 Å². The summed E-state index contributed by atoms with van der Waals surface area (Å²) in [6.45, 7) is 3.42. The van der Waals surface area contributed by atoms with Crippen molar-refractivity contribution in [3.8, 4) is 6.07 Å². The van der Waals surface area contributed by atoms with Crippen LogP contribution in [-0.4, -0.2) is 5.11 Å². The second-order valence-corrected chi connectivity index (χ2v) is 3.78. The van der Waals surface area contributed by atoms with E-state index in [4.69, 9.17) is 5.26 Å². The standard InChI is InChI=1S/C8H9NOS/c1-8(2,10)7-3-6(4-9)5-11-7/h3,5,10H,1-2H3. The zero-order chi connectivity index (χ0) is 8.48. The number of hydrogen-bond donors (Lipinski definition) is 1. The normalized spacial score (nSPS) is 11.1. The summed E-state index contributed by atoms with van der Waals surface area (Å²) >= 11 is 1.41. The maximum absolute atomic E-state index is 9.50. The van der Waals surface area contributed by atoms with Crippen LogP contribution in [0, 0.1) is 11.3 Å². The molecule has 0 bridgehead atoms. The molecule has 0 saturated heterocycles. The molecule has 58 valence electrons. The predicted octanol–water partition coefficient (Wildman–Crippen LogP) is 1.85. The van der Waals surface area contributed by atoms with Crippen molar-refractivity contribution in [2.75, 3.05) is 0 Å². The molecular weight excluding hydrogens is 158 g/mol. The fraction of sp³-hybridized carbons (Fsp3) is 0.375. The van der Waals surface area contributed by atoms with E-state index in [1.54, 1.807) is 25.3 Å². The Bertz CT molecular complexity index is 290. The molecule has 0 atom stereocenters. The third-order valence-corrected chi connectivity index (χ3v) is 2.57. The summed E-state index contributed by atoms with van der Waals surface area (Å²) in [5.74, 6) is 0. The van der Waals surface area contributed by atoms with E-state index in [9.17, 15) is 5.11 Å². The van der Waals surface area contributed by atoms with Crippen LogP contribution >= 0.6 is 11.3 Å². The van der Waals surface area contributed by atoms with Gasteiger partial charge in [0.2, 0.25) is 0 Å². The van der Waals surface area contributed by atoms with Crippen LogP contribution in [0.25, 0.3) is 0 Å². The number of hydrogen-bond acceptors (Lipinski definition) is 3. The molecule has 0 aliphatic carbocycles. The second kappa shape index (κ2) is 2.65. The molecule has 0 aliphatic rings. The molecule has 1 N–H and O–H groups in total. The van der Waals surface area contributed by atoms with E-state index in [0.29, 0.717) is 5.56 Å². The average molecular weight is 167 g/mol. The van der Waals surface area contributed by atoms with Gasteiger partial charge in [-0.25, -0.2) is 0 Å². The van der Waals surface area contributed by atoms with Crippen LogP contribution in [0.5, 0.6) is 0 Å². The minimum absolute atomic E-state index is 0.618. The number of aliphatic hydroxyl groups is 1. The van der Waals surface area contributed by atoms with E-state index in [0.717, 1.165) is 4.88 Å². The number of rotatable bonds is 1. The first-order valence-corrected chi connectivity index (χ1v) is 4.13. The maximum Gasteiger partial charge on any atom is 0.100 e. The predicted molar refractivity (Wildman–Crippen MR) is 44.3 cm³/mol. The van der Waals surface area contributed by atoms with Crippen molar-refractivity contribution in [2.45, 2.75) is 19.4 Å². The van der Waals surface area contributed by atoms with Crippen LogP contribution in [0.15, 0.2) is 11.4 Å². The zero-order valence-corrected chi connectivity index (χ0v) is 7.27.